The van der Waals surface area contributed by atoms with E-state index in [2.05, 4.69) is 10.3 Å². The van der Waals surface area contributed by atoms with Crippen molar-refractivity contribution in [3.8, 4) is 0 Å². The van der Waals surface area contributed by atoms with Gasteiger partial charge in [-0.05, 0) is 18.6 Å². The number of pyridine rings is 1. The molecule has 0 aromatic carbocycles. The van der Waals surface area contributed by atoms with Gasteiger partial charge in [0.25, 0.3) is 0 Å². The summed E-state index contributed by atoms with van der Waals surface area (Å²) in [6.07, 6.45) is 1.75. The van der Waals surface area contributed by atoms with Crippen molar-refractivity contribution in [3.05, 3.63) is 23.9 Å². The Morgan fingerprint density at radius 1 is 1.63 bits per heavy atom. The van der Waals surface area contributed by atoms with Gasteiger partial charge in [-0.25, -0.2) is 4.98 Å². The number of ether oxygens (including phenoxy) is 1. The number of hydrogen-bond donors (Lipinski definition) is 2. The summed E-state index contributed by atoms with van der Waals surface area (Å²) >= 11 is 0. The summed E-state index contributed by atoms with van der Waals surface area (Å²) < 4.78 is 5.40. The van der Waals surface area contributed by atoms with Crippen LogP contribution in [0.15, 0.2) is 18.3 Å². The van der Waals surface area contributed by atoms with Gasteiger partial charge in [0, 0.05) is 25.8 Å². The monoisotopic (exact) mass is 264 g/mol. The molecule has 6 nitrogen and oxygen atoms in total. The third-order valence-electron chi connectivity index (χ3n) is 3.12. The molecule has 1 amide bonds. The highest BCUT2D eigenvalue weighted by Gasteiger charge is 2.29. The van der Waals surface area contributed by atoms with E-state index in [9.17, 15) is 4.79 Å². The number of nitrogens with one attached hydrogen (secondary N) is 1. The zero-order valence-corrected chi connectivity index (χ0v) is 11.1. The van der Waals surface area contributed by atoms with Gasteiger partial charge in [-0.3, -0.25) is 4.79 Å². The summed E-state index contributed by atoms with van der Waals surface area (Å²) in [4.78, 5) is 18.4. The van der Waals surface area contributed by atoms with Crippen molar-refractivity contribution in [3.63, 3.8) is 0 Å². The van der Waals surface area contributed by atoms with E-state index in [1.165, 1.54) is 0 Å². The first-order valence-corrected chi connectivity index (χ1v) is 6.53. The molecule has 0 saturated carbocycles. The molecule has 1 atom stereocenters. The molecule has 1 saturated heterocycles. The van der Waals surface area contributed by atoms with Gasteiger partial charge in [0.15, 0.2) is 0 Å². The fourth-order valence-electron chi connectivity index (χ4n) is 2.09. The number of morpholine rings is 1. The van der Waals surface area contributed by atoms with Gasteiger partial charge < -0.3 is 20.7 Å². The molecule has 1 unspecified atom stereocenters. The number of carbonyl (C=O) groups excluding carboxylic acids is 1. The molecular formula is C13H20N4O2. The summed E-state index contributed by atoms with van der Waals surface area (Å²) in [5, 5.41) is 2.83. The molecule has 1 aliphatic heterocycles. The van der Waals surface area contributed by atoms with Crippen LogP contribution in [0.25, 0.3) is 0 Å². The van der Waals surface area contributed by atoms with Crippen LogP contribution in [-0.4, -0.2) is 43.2 Å². The molecule has 1 fully saturated rings. The molecule has 1 aliphatic rings. The molecule has 6 heteroatoms. The third kappa shape index (κ3) is 3.21. The summed E-state index contributed by atoms with van der Waals surface area (Å²) in [6.45, 7) is 4.65. The number of rotatable bonds is 4. The summed E-state index contributed by atoms with van der Waals surface area (Å²) in [7, 11) is 0. The van der Waals surface area contributed by atoms with Crippen LogP contribution in [0.3, 0.4) is 0 Å². The van der Waals surface area contributed by atoms with Crippen molar-refractivity contribution in [2.75, 3.05) is 31.2 Å². The second-order valence-corrected chi connectivity index (χ2v) is 4.41. The quantitative estimate of drug-likeness (QED) is 0.792. The Bertz CT molecular complexity index is 421. The minimum Gasteiger partial charge on any atom is -0.377 e. The maximum absolute atomic E-state index is 12.0. The molecule has 0 bridgehead atoms. The third-order valence-corrected chi connectivity index (χ3v) is 3.12. The smallest absolute Gasteiger partial charge is 0.245 e. The van der Waals surface area contributed by atoms with E-state index in [4.69, 9.17) is 10.5 Å². The summed E-state index contributed by atoms with van der Waals surface area (Å²) in [6, 6.07) is 3.52. The lowest BCUT2D eigenvalue weighted by molar-refractivity contribution is -0.124. The number of hydrogen-bond acceptors (Lipinski definition) is 5. The lowest BCUT2D eigenvalue weighted by Crippen LogP contribution is -2.54. The molecule has 2 heterocycles. The van der Waals surface area contributed by atoms with Gasteiger partial charge in [-0.15, -0.1) is 0 Å². The number of aromatic nitrogens is 1. The van der Waals surface area contributed by atoms with Crippen LogP contribution in [0.5, 0.6) is 0 Å². The number of amides is 1. The lowest BCUT2D eigenvalue weighted by Gasteiger charge is -2.35. The molecule has 3 N–H and O–H groups in total. The van der Waals surface area contributed by atoms with Gasteiger partial charge in [-0.1, -0.05) is 6.07 Å². The molecular weight excluding hydrogens is 244 g/mol. The van der Waals surface area contributed by atoms with Crippen LogP contribution in [0.2, 0.25) is 0 Å². The van der Waals surface area contributed by atoms with E-state index in [1.807, 2.05) is 24.0 Å². The SMILES string of the molecule is CCNC(=O)C1COCCN1c1ccc(CN)cn1. The van der Waals surface area contributed by atoms with Crippen LogP contribution in [0.4, 0.5) is 5.82 Å². The van der Waals surface area contributed by atoms with Crippen molar-refractivity contribution in [2.45, 2.75) is 19.5 Å². The first-order chi connectivity index (χ1) is 9.26. The van der Waals surface area contributed by atoms with Crippen LogP contribution in [0, 0.1) is 0 Å². The highest BCUT2D eigenvalue weighted by molar-refractivity contribution is 5.85. The molecule has 104 valence electrons. The van der Waals surface area contributed by atoms with Crippen LogP contribution >= 0.6 is 0 Å². The van der Waals surface area contributed by atoms with Crippen LogP contribution in [-0.2, 0) is 16.1 Å². The Hall–Kier alpha value is -1.66. The highest BCUT2D eigenvalue weighted by Crippen LogP contribution is 2.17. The minimum absolute atomic E-state index is 0.0214. The van der Waals surface area contributed by atoms with Gasteiger partial charge in [0.1, 0.15) is 11.9 Å². The molecule has 1 aromatic rings. The zero-order valence-electron chi connectivity index (χ0n) is 11.1. The standard InChI is InChI=1S/C13H20N4O2/c1-2-15-13(18)11-9-19-6-5-17(11)12-4-3-10(7-14)8-16-12/h3-4,8,11H,2,5-7,9,14H2,1H3,(H,15,18). The first-order valence-electron chi connectivity index (χ1n) is 6.53. The molecule has 2 rings (SSSR count). The van der Waals surface area contributed by atoms with Crippen molar-refractivity contribution >= 4 is 11.7 Å². The fraction of sp³-hybridized carbons (Fsp3) is 0.538. The number of nitrogens with two attached hydrogens (primary N) is 1. The van der Waals surface area contributed by atoms with Crippen LogP contribution in [0.1, 0.15) is 12.5 Å². The fourth-order valence-corrected chi connectivity index (χ4v) is 2.09. The number of carbonyl (C=O) groups is 1. The molecule has 0 spiro atoms. The van der Waals surface area contributed by atoms with Crippen molar-refractivity contribution in [1.82, 2.24) is 10.3 Å². The Morgan fingerprint density at radius 2 is 2.47 bits per heavy atom. The Balaban J connectivity index is 2.15. The van der Waals surface area contributed by atoms with Gasteiger partial charge >= 0.3 is 0 Å². The van der Waals surface area contributed by atoms with E-state index >= 15 is 0 Å². The maximum Gasteiger partial charge on any atom is 0.245 e. The van der Waals surface area contributed by atoms with Crippen molar-refractivity contribution in [2.24, 2.45) is 5.73 Å². The molecule has 0 aliphatic carbocycles. The van der Waals surface area contributed by atoms with Crippen molar-refractivity contribution < 1.29 is 9.53 Å². The predicted octanol–water partition coefficient (Wildman–Crippen LogP) is -0.118. The van der Waals surface area contributed by atoms with E-state index in [0.717, 1.165) is 11.4 Å². The Kier molecular flexibility index (Phi) is 4.70. The summed E-state index contributed by atoms with van der Waals surface area (Å²) in [5.74, 6) is 0.767. The van der Waals surface area contributed by atoms with Crippen molar-refractivity contribution in [1.29, 1.82) is 0 Å². The topological polar surface area (TPSA) is 80.5 Å². The number of likely N-dealkylation sites (N-methyl/N-ethyl adjacent to an activating group) is 1. The van der Waals surface area contributed by atoms with E-state index in [1.54, 1.807) is 6.20 Å². The van der Waals surface area contributed by atoms with E-state index < -0.39 is 0 Å². The molecule has 0 radical (unpaired) electrons. The average molecular weight is 264 g/mol. The zero-order chi connectivity index (χ0) is 13.7. The maximum atomic E-state index is 12.0. The minimum atomic E-state index is -0.315. The molecule has 19 heavy (non-hydrogen) atoms. The highest BCUT2D eigenvalue weighted by atomic mass is 16.5. The second kappa shape index (κ2) is 6.49. The Morgan fingerprint density at radius 3 is 3.11 bits per heavy atom. The summed E-state index contributed by atoms with van der Waals surface area (Å²) in [5.41, 5.74) is 6.53. The van der Waals surface area contributed by atoms with Gasteiger partial charge in [0.05, 0.1) is 13.2 Å². The molecule has 1 aromatic heterocycles. The largest absolute Gasteiger partial charge is 0.377 e. The predicted molar refractivity (Wildman–Crippen MR) is 72.8 cm³/mol. The number of anilines is 1. The number of nitrogens with zero attached hydrogens (tertiary/aromatic N) is 2. The van der Waals surface area contributed by atoms with E-state index in [0.29, 0.717) is 32.8 Å². The normalized spacial score (nSPS) is 19.3. The Labute approximate surface area is 112 Å². The van der Waals surface area contributed by atoms with Gasteiger partial charge in [0.2, 0.25) is 5.91 Å². The second-order valence-electron chi connectivity index (χ2n) is 4.41. The van der Waals surface area contributed by atoms with Gasteiger partial charge in [-0.2, -0.15) is 0 Å². The van der Waals surface area contributed by atoms with E-state index in [-0.39, 0.29) is 11.9 Å². The van der Waals surface area contributed by atoms with Crippen LogP contribution < -0.4 is 16.0 Å². The first kappa shape index (κ1) is 13.8. The average Bonchev–Trinajstić information content (AvgIpc) is 2.47. The lowest BCUT2D eigenvalue weighted by atomic mass is 10.2.